The van der Waals surface area contributed by atoms with Crippen LogP contribution < -0.4 is 82.1 Å². The number of amides is 8. The number of nitrogens with two attached hydrogens (primary N) is 4. The summed E-state index contributed by atoms with van der Waals surface area (Å²) in [4.78, 5) is 106. The van der Waals surface area contributed by atoms with Crippen molar-refractivity contribution in [1.29, 1.82) is 0 Å². The minimum Gasteiger partial charge on any atom is -0.496 e. The minimum absolute atomic E-state index is 0.0265. The molecule has 4 unspecified atom stereocenters. The monoisotopic (exact) mass is 1890 g/mol. The number of aromatic nitrogens is 8. The van der Waals surface area contributed by atoms with Gasteiger partial charge in [0, 0.05) is 112 Å². The highest BCUT2D eigenvalue weighted by Gasteiger charge is 2.43. The van der Waals surface area contributed by atoms with Crippen LogP contribution in [0.1, 0.15) is 175 Å². The molecular formula is C97H124Cl2N20O16. The zero-order chi connectivity index (χ0) is 96.9. The highest BCUT2D eigenvalue weighted by Crippen LogP contribution is 2.50. The van der Waals surface area contributed by atoms with E-state index in [0.717, 1.165) is 107 Å². The fraction of sp³-hybridized carbons (Fsp3) is 0.464. The van der Waals surface area contributed by atoms with Crippen molar-refractivity contribution in [1.82, 2.24) is 58.7 Å². The van der Waals surface area contributed by atoms with Gasteiger partial charge in [-0.05, 0) is 208 Å². The number of likely N-dealkylation sites (tertiary alicyclic amines) is 4. The highest BCUT2D eigenvalue weighted by molar-refractivity contribution is 6.37. The molecule has 4 fully saturated rings. The number of ether oxygens (including phenoxy) is 8. The molecule has 722 valence electrons. The Kier molecular flexibility index (Phi) is 32.4. The van der Waals surface area contributed by atoms with Crippen LogP contribution in [0, 0.1) is 37.5 Å². The van der Waals surface area contributed by atoms with Crippen molar-refractivity contribution in [3.63, 3.8) is 0 Å². The Labute approximate surface area is 795 Å². The van der Waals surface area contributed by atoms with Gasteiger partial charge >= 0.3 is 0 Å². The van der Waals surface area contributed by atoms with Crippen molar-refractivity contribution in [2.75, 3.05) is 155 Å². The van der Waals surface area contributed by atoms with Crippen molar-refractivity contribution in [2.45, 2.75) is 136 Å². The average molecular weight is 1900 g/mol. The van der Waals surface area contributed by atoms with Gasteiger partial charge in [0.15, 0.2) is 17.2 Å². The number of carbonyl (C=O) groups excluding carboxylic acids is 8. The summed E-state index contributed by atoms with van der Waals surface area (Å²) >= 11 is 12.7. The first kappa shape index (κ1) is 99.1. The van der Waals surface area contributed by atoms with Crippen molar-refractivity contribution in [2.24, 2.45) is 46.6 Å². The van der Waals surface area contributed by atoms with E-state index in [2.05, 4.69) is 47.6 Å². The van der Waals surface area contributed by atoms with Gasteiger partial charge in [0.1, 0.15) is 91.3 Å². The van der Waals surface area contributed by atoms with E-state index in [1.807, 2.05) is 97.2 Å². The third kappa shape index (κ3) is 20.8. The van der Waals surface area contributed by atoms with Crippen LogP contribution in [0.2, 0.25) is 10.0 Å². The molecule has 4 saturated heterocycles. The van der Waals surface area contributed by atoms with Crippen LogP contribution in [0.25, 0.3) is 45.0 Å². The van der Waals surface area contributed by atoms with Gasteiger partial charge in [-0.15, -0.1) is 0 Å². The molecule has 135 heavy (non-hydrogen) atoms. The number of nitrogens with zero attached hydrogens (tertiary/aromatic N) is 12. The van der Waals surface area contributed by atoms with Crippen LogP contribution in [0.3, 0.4) is 0 Å². The molecule has 12 N–H and O–H groups in total. The van der Waals surface area contributed by atoms with E-state index >= 15 is 0 Å². The number of hydrogen-bond donors (Lipinski definition) is 8. The second-order valence-corrected chi connectivity index (χ2v) is 35.0. The van der Waals surface area contributed by atoms with Crippen molar-refractivity contribution >= 4 is 93.7 Å². The first-order chi connectivity index (χ1) is 65.1. The number of fused-ring (bicyclic) bond motifs is 4. The maximum atomic E-state index is 12.7. The number of piperidine rings is 4. The molecule has 8 aliphatic rings. The first-order valence-electron chi connectivity index (χ1n) is 45.9. The predicted molar refractivity (Wildman–Crippen MR) is 517 cm³/mol. The largest absolute Gasteiger partial charge is 0.496 e. The number of anilines is 4. The standard InChI is InChI=1S/C26H35N5O4.C25H33N5O4.C24H31N5O5.C22H25Cl2N5O3/c1-5-22(32)30-12-9-17(10-13-30)19-8-11-28-26-23(25(27)33)24(29-31(19)26)18-14-20(34-6-2)16(4)21(15-18)35-7-3;1-5-21(31)29-11-8-16(9-12-29)18-7-10-27-25-22(24(26)32)23(28-30(18)25)17-13-19(33-4)15(3)20(14-17)34-6-2;1-5-19(30)28-10-7-14(8-11-28)16-6-9-26-24-20(23(25)31)21(27-29(16)24)15-12-17(32-2)22(34-4)18(13-15)33-3;1-3-17(30)28-8-5-12(6-9-28)16-4-7-26-22-18(21(25)31)19(27-29(16)22)13-10-14(23)20(32-2)15(24)11-13/h5,14-15,17,19,28H,1,6-13H2,2-4H3,(H2,27,33);5,13-14,16,18,27H,1,6-12H2,2-4H3,(H2,26,32);5,12-14,16,26H,1,6-11H2,2-4H3,(H2,25,31);3,10-12,16,26H,1,4-9H2,2H3,(H2,25,31). The normalized spacial score (nSPS) is 18.1. The summed E-state index contributed by atoms with van der Waals surface area (Å²) in [5.41, 5.74) is 31.1. The fourth-order valence-electron chi connectivity index (χ4n) is 20.1. The number of hydrogen-bond acceptors (Lipinski definition) is 24. The predicted octanol–water partition coefficient (Wildman–Crippen LogP) is 12.9. The summed E-state index contributed by atoms with van der Waals surface area (Å²) in [6.07, 6.45) is 15.9. The van der Waals surface area contributed by atoms with Gasteiger partial charge in [0.2, 0.25) is 29.4 Å². The second kappa shape index (κ2) is 44.2. The molecule has 4 aromatic carbocycles. The number of benzene rings is 4. The minimum atomic E-state index is -0.580. The lowest BCUT2D eigenvalue weighted by molar-refractivity contribution is -0.128. The maximum absolute atomic E-state index is 12.7. The van der Waals surface area contributed by atoms with E-state index in [-0.39, 0.29) is 47.8 Å². The molecule has 36 nitrogen and oxygen atoms in total. The average Bonchev–Trinajstić information content (AvgIpc) is 1.62. The number of carbonyl (C=O) groups is 8. The molecule has 8 aliphatic heterocycles. The first-order valence-corrected chi connectivity index (χ1v) is 46.7. The summed E-state index contributed by atoms with van der Waals surface area (Å²) in [5.74, 6) is 5.99. The van der Waals surface area contributed by atoms with E-state index in [1.54, 1.807) is 31.4 Å². The lowest BCUT2D eigenvalue weighted by Crippen LogP contribution is -2.41. The molecule has 16 rings (SSSR count). The number of primary amides is 4. The molecule has 4 atom stereocenters. The molecule has 0 saturated carbocycles. The van der Waals surface area contributed by atoms with E-state index in [0.29, 0.717) is 250 Å². The summed E-state index contributed by atoms with van der Waals surface area (Å²) in [5, 5.41) is 33.5. The van der Waals surface area contributed by atoms with Crippen molar-refractivity contribution in [3.8, 4) is 91.0 Å². The molecule has 0 radical (unpaired) electrons. The van der Waals surface area contributed by atoms with Crippen LogP contribution >= 0.6 is 23.2 Å². The molecule has 8 amide bonds. The van der Waals surface area contributed by atoms with Gasteiger partial charge in [0.25, 0.3) is 23.6 Å². The summed E-state index contributed by atoms with van der Waals surface area (Å²) < 4.78 is 52.4. The van der Waals surface area contributed by atoms with Gasteiger partial charge in [-0.1, -0.05) is 49.5 Å². The molecule has 0 spiro atoms. The Hall–Kier alpha value is -13.4. The zero-order valence-corrected chi connectivity index (χ0v) is 79.9. The van der Waals surface area contributed by atoms with E-state index in [1.165, 1.54) is 52.7 Å². The van der Waals surface area contributed by atoms with E-state index in [4.69, 9.17) is 104 Å². The van der Waals surface area contributed by atoms with Crippen LogP contribution in [0.4, 0.5) is 23.3 Å². The number of nitrogens with one attached hydrogen (secondary N) is 4. The Balaban J connectivity index is 0.000000153. The molecule has 0 aliphatic carbocycles. The van der Waals surface area contributed by atoms with Crippen LogP contribution in [-0.2, 0) is 19.2 Å². The third-order valence-corrected chi connectivity index (χ3v) is 27.4. The molecule has 4 aromatic heterocycles. The zero-order valence-electron chi connectivity index (χ0n) is 78.4. The van der Waals surface area contributed by atoms with Gasteiger partial charge in [-0.25, -0.2) is 18.7 Å². The van der Waals surface area contributed by atoms with E-state index in [9.17, 15) is 38.4 Å². The topological polar surface area (TPSA) is 447 Å². The van der Waals surface area contributed by atoms with Crippen LogP contribution in [0.15, 0.2) is 99.2 Å². The van der Waals surface area contributed by atoms with E-state index < -0.39 is 23.6 Å². The molecule has 38 heteroatoms. The van der Waals surface area contributed by atoms with Crippen molar-refractivity contribution < 1.29 is 76.3 Å². The third-order valence-electron chi connectivity index (χ3n) is 26.8. The van der Waals surface area contributed by atoms with Crippen LogP contribution in [0.5, 0.6) is 46.0 Å². The van der Waals surface area contributed by atoms with Gasteiger partial charge < -0.3 is 102 Å². The lowest BCUT2D eigenvalue weighted by atomic mass is 9.87. The number of methoxy groups -OCH3 is 5. The number of rotatable bonds is 27. The smallest absolute Gasteiger partial charge is 0.254 e. The summed E-state index contributed by atoms with van der Waals surface area (Å²) in [7, 11) is 7.70. The molecule has 12 heterocycles. The quantitative estimate of drug-likeness (QED) is 0.0222. The Morgan fingerprint density at radius 3 is 0.785 bits per heavy atom. The Morgan fingerprint density at radius 1 is 0.348 bits per heavy atom. The molecular weight excluding hydrogens is 1770 g/mol. The SMILES string of the molecule is C=CC(=O)N1CCC(C2CCNc3c(C(N)=O)c(-c4cc(Cl)c(OC)c(Cl)c4)nn32)CC1.C=CC(=O)N1CCC(C2CCNc3c(C(N)=O)c(-c4cc(OC)c(C)c(OCC)c4)nn32)CC1.C=CC(=O)N1CCC(C2CCNc3c(C(N)=O)c(-c4cc(OC)c(OC)c(OC)c4)nn32)CC1.C=CC(=O)N1CCC(C2CCNc3c(C(N)=O)c(-c4cc(OCC)c(C)c(OCC)c4)nn32)CC1. The number of halogens is 2. The molecule has 8 aromatic rings. The Bertz CT molecular complexity index is 5710. The Morgan fingerprint density at radius 2 is 0.570 bits per heavy atom. The second-order valence-electron chi connectivity index (χ2n) is 34.2. The fourth-order valence-corrected chi connectivity index (χ4v) is 20.7. The van der Waals surface area contributed by atoms with Gasteiger partial charge in [-0.3, -0.25) is 38.4 Å². The highest BCUT2D eigenvalue weighted by atomic mass is 35.5. The lowest BCUT2D eigenvalue weighted by Gasteiger charge is -2.38. The summed E-state index contributed by atoms with van der Waals surface area (Å²) in [6.45, 7) is 33.9. The van der Waals surface area contributed by atoms with Gasteiger partial charge in [-0.2, -0.15) is 20.4 Å². The molecule has 0 bridgehead atoms. The van der Waals surface area contributed by atoms with Crippen molar-refractivity contribution in [3.05, 3.63) is 143 Å². The maximum Gasteiger partial charge on any atom is 0.254 e. The van der Waals surface area contributed by atoms with Gasteiger partial charge in [0.05, 0.1) is 89.6 Å². The summed E-state index contributed by atoms with van der Waals surface area (Å²) in [6, 6.07) is 14.8. The van der Waals surface area contributed by atoms with Crippen LogP contribution in [-0.4, -0.2) is 240 Å².